The Balaban J connectivity index is 1.73. The maximum absolute atomic E-state index is 13.4. The summed E-state index contributed by atoms with van der Waals surface area (Å²) in [5.41, 5.74) is 9.23. The van der Waals surface area contributed by atoms with E-state index >= 15 is 0 Å². The fourth-order valence-corrected chi connectivity index (χ4v) is 4.75. The Kier molecular flexibility index (Phi) is 3.52. The van der Waals surface area contributed by atoms with Crippen LogP contribution in [0.15, 0.2) is 64.1 Å². The summed E-state index contributed by atoms with van der Waals surface area (Å²) in [5.74, 6) is -0.866. The van der Waals surface area contributed by atoms with Gasteiger partial charge in [0.2, 0.25) is 5.78 Å². The zero-order valence-electron chi connectivity index (χ0n) is 15.8. The number of nitrogens with one attached hydrogen (secondary N) is 3. The van der Waals surface area contributed by atoms with Crippen LogP contribution in [-0.4, -0.2) is 23.9 Å². The predicted molar refractivity (Wildman–Crippen MR) is 103 cm³/mol. The number of hydrogen-bond acceptors (Lipinski definition) is 6. The lowest BCUT2D eigenvalue weighted by atomic mass is 9.66. The highest BCUT2D eigenvalue weighted by Gasteiger charge is 2.48. The molecule has 0 spiro atoms. The molecule has 3 N–H and O–H groups in total. The van der Waals surface area contributed by atoms with Gasteiger partial charge in [-0.15, -0.1) is 0 Å². The first kappa shape index (κ1) is 17.1. The lowest BCUT2D eigenvalue weighted by Crippen LogP contribution is -2.43. The Morgan fingerprint density at radius 1 is 0.929 bits per heavy atom. The van der Waals surface area contributed by atoms with Gasteiger partial charge in [0.25, 0.3) is 0 Å². The van der Waals surface area contributed by atoms with Gasteiger partial charge in [0.1, 0.15) is 5.70 Å². The summed E-state index contributed by atoms with van der Waals surface area (Å²) in [6, 6.07) is 9.54. The minimum atomic E-state index is -0.512. The van der Waals surface area contributed by atoms with E-state index in [0.29, 0.717) is 47.5 Å². The number of ketones is 3. The number of rotatable bonds is 1. The van der Waals surface area contributed by atoms with Crippen molar-refractivity contribution in [2.24, 2.45) is 5.41 Å². The Morgan fingerprint density at radius 2 is 1.68 bits per heavy atom. The highest BCUT2D eigenvalue weighted by atomic mass is 16.1. The molecule has 1 unspecified atom stereocenters. The SMILES string of the molecule is CC1(C)CC(=O)C2=C(C1)NC1=C(C(=O)C3=C(NNC3)C1=O)C2c1ccccc1. The van der Waals surface area contributed by atoms with Crippen molar-refractivity contribution in [1.29, 1.82) is 0 Å². The molecule has 2 aliphatic carbocycles. The number of benzene rings is 1. The van der Waals surface area contributed by atoms with Gasteiger partial charge in [0.05, 0.1) is 5.70 Å². The number of Topliss-reactive ketones (excluding diaryl/α,β-unsaturated/α-hetero) is 3. The molecule has 0 saturated heterocycles. The topological polar surface area (TPSA) is 87.3 Å². The summed E-state index contributed by atoms with van der Waals surface area (Å²) in [6.07, 6.45) is 1.09. The van der Waals surface area contributed by atoms with Crippen LogP contribution in [0.3, 0.4) is 0 Å². The first-order chi connectivity index (χ1) is 13.4. The molecule has 2 heterocycles. The minimum Gasteiger partial charge on any atom is -0.355 e. The van der Waals surface area contributed by atoms with E-state index in [-0.39, 0.29) is 22.8 Å². The molecule has 5 rings (SSSR count). The molecular formula is C22H21N3O3. The van der Waals surface area contributed by atoms with E-state index in [1.807, 2.05) is 30.3 Å². The molecule has 142 valence electrons. The summed E-state index contributed by atoms with van der Waals surface area (Å²) >= 11 is 0. The van der Waals surface area contributed by atoms with Gasteiger partial charge < -0.3 is 10.7 Å². The summed E-state index contributed by atoms with van der Waals surface area (Å²) in [7, 11) is 0. The normalized spacial score (nSPS) is 25.9. The van der Waals surface area contributed by atoms with Crippen LogP contribution in [0.4, 0.5) is 0 Å². The third-order valence-corrected chi connectivity index (χ3v) is 5.93. The largest absolute Gasteiger partial charge is 0.355 e. The van der Waals surface area contributed by atoms with Gasteiger partial charge >= 0.3 is 0 Å². The van der Waals surface area contributed by atoms with Crippen LogP contribution in [0.25, 0.3) is 0 Å². The molecule has 28 heavy (non-hydrogen) atoms. The molecule has 1 atom stereocenters. The number of hydrazine groups is 1. The van der Waals surface area contributed by atoms with E-state index in [1.165, 1.54) is 0 Å². The number of hydrogen-bond donors (Lipinski definition) is 3. The van der Waals surface area contributed by atoms with E-state index in [4.69, 9.17) is 0 Å². The zero-order valence-corrected chi connectivity index (χ0v) is 15.8. The maximum Gasteiger partial charge on any atom is 0.227 e. The third kappa shape index (κ3) is 2.34. The first-order valence-corrected chi connectivity index (χ1v) is 9.51. The maximum atomic E-state index is 13.4. The van der Waals surface area contributed by atoms with Gasteiger partial charge in [0, 0.05) is 41.3 Å². The average molecular weight is 375 g/mol. The van der Waals surface area contributed by atoms with Crippen LogP contribution in [0, 0.1) is 5.41 Å². The minimum absolute atomic E-state index is 0.0434. The second-order valence-electron chi connectivity index (χ2n) is 8.58. The van der Waals surface area contributed by atoms with Gasteiger partial charge in [-0.2, -0.15) is 0 Å². The summed E-state index contributed by atoms with van der Waals surface area (Å²) < 4.78 is 0. The molecule has 4 aliphatic rings. The van der Waals surface area contributed by atoms with Crippen LogP contribution >= 0.6 is 0 Å². The van der Waals surface area contributed by atoms with E-state index in [2.05, 4.69) is 30.0 Å². The molecule has 0 aromatic heterocycles. The molecule has 6 heteroatoms. The van der Waals surface area contributed by atoms with Crippen molar-refractivity contribution in [3.8, 4) is 0 Å². The highest BCUT2D eigenvalue weighted by Crippen LogP contribution is 2.48. The predicted octanol–water partition coefficient (Wildman–Crippen LogP) is 1.78. The fourth-order valence-electron chi connectivity index (χ4n) is 4.75. The molecule has 0 bridgehead atoms. The second-order valence-corrected chi connectivity index (χ2v) is 8.58. The molecule has 0 radical (unpaired) electrons. The average Bonchev–Trinajstić information content (AvgIpc) is 3.14. The van der Waals surface area contributed by atoms with E-state index in [0.717, 1.165) is 11.3 Å². The quantitative estimate of drug-likeness (QED) is 0.649. The lowest BCUT2D eigenvalue weighted by Gasteiger charge is -2.40. The van der Waals surface area contributed by atoms with Crippen molar-refractivity contribution in [3.05, 3.63) is 69.7 Å². The van der Waals surface area contributed by atoms with Crippen LogP contribution < -0.4 is 16.2 Å². The molecule has 1 aromatic carbocycles. The summed E-state index contributed by atoms with van der Waals surface area (Å²) in [4.78, 5) is 39.7. The number of allylic oxidation sites excluding steroid dienone is 3. The Morgan fingerprint density at radius 3 is 2.43 bits per heavy atom. The van der Waals surface area contributed by atoms with Gasteiger partial charge in [-0.25, -0.2) is 5.43 Å². The number of carbonyl (C=O) groups is 3. The number of dihydropyridines is 1. The molecule has 6 nitrogen and oxygen atoms in total. The molecule has 0 saturated carbocycles. The van der Waals surface area contributed by atoms with Crippen molar-refractivity contribution < 1.29 is 14.4 Å². The van der Waals surface area contributed by atoms with Crippen LogP contribution in [0.2, 0.25) is 0 Å². The highest BCUT2D eigenvalue weighted by molar-refractivity contribution is 6.27. The summed E-state index contributed by atoms with van der Waals surface area (Å²) in [5, 5.41) is 3.20. The number of carbonyl (C=O) groups excluding carboxylic acids is 3. The van der Waals surface area contributed by atoms with E-state index < -0.39 is 5.92 Å². The van der Waals surface area contributed by atoms with E-state index in [1.54, 1.807) is 0 Å². The van der Waals surface area contributed by atoms with Crippen molar-refractivity contribution in [2.75, 3.05) is 6.54 Å². The molecule has 2 aliphatic heterocycles. The molecule has 0 amide bonds. The smallest absolute Gasteiger partial charge is 0.227 e. The Bertz CT molecular complexity index is 1040. The van der Waals surface area contributed by atoms with Gasteiger partial charge in [-0.3, -0.25) is 14.4 Å². The molecule has 0 fully saturated rings. The van der Waals surface area contributed by atoms with Crippen molar-refractivity contribution >= 4 is 17.3 Å². The Hall–Kier alpha value is -2.99. The van der Waals surface area contributed by atoms with E-state index in [9.17, 15) is 14.4 Å². The summed E-state index contributed by atoms with van der Waals surface area (Å²) in [6.45, 7) is 4.40. The van der Waals surface area contributed by atoms with Gasteiger partial charge in [-0.1, -0.05) is 44.2 Å². The van der Waals surface area contributed by atoms with Crippen LogP contribution in [0.5, 0.6) is 0 Å². The van der Waals surface area contributed by atoms with Crippen molar-refractivity contribution in [3.63, 3.8) is 0 Å². The molecule has 1 aromatic rings. The fraction of sp³-hybridized carbons (Fsp3) is 0.318. The van der Waals surface area contributed by atoms with Crippen molar-refractivity contribution in [1.82, 2.24) is 16.2 Å². The molecular weight excluding hydrogens is 354 g/mol. The third-order valence-electron chi connectivity index (χ3n) is 5.93. The van der Waals surface area contributed by atoms with Gasteiger partial charge in [-0.05, 0) is 17.4 Å². The first-order valence-electron chi connectivity index (χ1n) is 9.51. The van der Waals surface area contributed by atoms with Crippen molar-refractivity contribution in [2.45, 2.75) is 32.6 Å². The van der Waals surface area contributed by atoms with Crippen LogP contribution in [0.1, 0.15) is 38.2 Å². The van der Waals surface area contributed by atoms with Gasteiger partial charge in [0.15, 0.2) is 11.6 Å². The lowest BCUT2D eigenvalue weighted by molar-refractivity contribution is -0.119. The monoisotopic (exact) mass is 375 g/mol. The standard InChI is InChI=1S/C22H21N3O3/c1-22(2)8-13-16(14(26)9-22)15(11-6-4-3-5-7-11)17-19(24-13)21(28)18-12(20(17)27)10-23-25-18/h3-7,15,23-25H,8-10H2,1-2H3. The van der Waals surface area contributed by atoms with Crippen LogP contribution in [-0.2, 0) is 14.4 Å². The Labute approximate surface area is 162 Å². The second kappa shape index (κ2) is 5.75. The zero-order chi connectivity index (χ0) is 19.6.